The minimum Gasteiger partial charge on any atom is -0.310 e. The van der Waals surface area contributed by atoms with Gasteiger partial charge in [0, 0.05) is 6.04 Å². The van der Waals surface area contributed by atoms with Gasteiger partial charge in [-0.2, -0.15) is 0 Å². The van der Waals surface area contributed by atoms with Crippen molar-refractivity contribution in [2.75, 3.05) is 6.54 Å². The first-order valence-electron chi connectivity index (χ1n) is 6.50. The predicted octanol–water partition coefficient (Wildman–Crippen LogP) is 5.00. The van der Waals surface area contributed by atoms with Crippen LogP contribution in [0.25, 0.3) is 0 Å². The second kappa shape index (κ2) is 6.60. The van der Waals surface area contributed by atoms with Gasteiger partial charge in [-0.05, 0) is 56.3 Å². The molecule has 0 saturated heterocycles. The molecule has 18 heavy (non-hydrogen) atoms. The summed E-state index contributed by atoms with van der Waals surface area (Å²) >= 11 is 12.0. The lowest BCUT2D eigenvalue weighted by Gasteiger charge is -2.22. The number of nitrogens with one attached hydrogen (secondary N) is 1. The van der Waals surface area contributed by atoms with Crippen molar-refractivity contribution < 1.29 is 0 Å². The molecule has 1 aromatic carbocycles. The van der Waals surface area contributed by atoms with Crippen LogP contribution in [0.5, 0.6) is 0 Å². The third-order valence-corrected chi connectivity index (χ3v) is 4.27. The van der Waals surface area contributed by atoms with Gasteiger partial charge in [-0.25, -0.2) is 0 Å². The van der Waals surface area contributed by atoms with E-state index in [2.05, 4.69) is 24.4 Å². The zero-order valence-corrected chi connectivity index (χ0v) is 12.1. The third kappa shape index (κ3) is 3.74. The number of hydrogen-bond donors (Lipinski definition) is 1. The van der Waals surface area contributed by atoms with E-state index in [9.17, 15) is 0 Å². The molecule has 0 bridgehead atoms. The highest BCUT2D eigenvalue weighted by Gasteiger charge is 2.12. The molecule has 1 aliphatic rings. The Morgan fingerprint density at radius 2 is 2.11 bits per heavy atom. The van der Waals surface area contributed by atoms with Crippen LogP contribution in [0.4, 0.5) is 0 Å². The molecule has 0 radical (unpaired) electrons. The van der Waals surface area contributed by atoms with E-state index < -0.39 is 0 Å². The molecule has 1 aliphatic carbocycles. The van der Waals surface area contributed by atoms with Crippen molar-refractivity contribution in [1.29, 1.82) is 0 Å². The van der Waals surface area contributed by atoms with Crippen molar-refractivity contribution in [3.05, 3.63) is 46.0 Å². The molecule has 2 rings (SSSR count). The van der Waals surface area contributed by atoms with Gasteiger partial charge in [-0.15, -0.1) is 0 Å². The minimum atomic E-state index is 0.311. The van der Waals surface area contributed by atoms with Gasteiger partial charge in [0.2, 0.25) is 0 Å². The Balaban J connectivity index is 1.88. The largest absolute Gasteiger partial charge is 0.310 e. The van der Waals surface area contributed by atoms with E-state index in [0.29, 0.717) is 16.1 Å². The second-order valence-corrected chi connectivity index (χ2v) is 5.77. The molecule has 1 nitrogen and oxygen atoms in total. The van der Waals surface area contributed by atoms with Crippen LogP contribution in [0.1, 0.15) is 37.8 Å². The van der Waals surface area contributed by atoms with E-state index in [1.807, 2.05) is 18.2 Å². The van der Waals surface area contributed by atoms with Crippen molar-refractivity contribution >= 4 is 23.2 Å². The van der Waals surface area contributed by atoms with Crippen LogP contribution in [0.2, 0.25) is 10.0 Å². The van der Waals surface area contributed by atoms with E-state index in [1.54, 1.807) is 0 Å². The van der Waals surface area contributed by atoms with Crippen molar-refractivity contribution in [2.45, 2.75) is 32.2 Å². The van der Waals surface area contributed by atoms with Gasteiger partial charge in [0.15, 0.2) is 0 Å². The average molecular weight is 284 g/mol. The van der Waals surface area contributed by atoms with Gasteiger partial charge in [-0.1, -0.05) is 41.4 Å². The molecule has 98 valence electrons. The lowest BCUT2D eigenvalue weighted by Crippen LogP contribution is -2.26. The standard InChI is InChI=1S/C15H19Cl2N/c1-11(13-7-8-14(16)15(17)9-13)18-10-12-5-3-2-4-6-12/h2-3,7-9,11-12,18H,4-6,10H2,1H3. The summed E-state index contributed by atoms with van der Waals surface area (Å²) in [5, 5.41) is 4.82. The Morgan fingerprint density at radius 1 is 1.28 bits per heavy atom. The van der Waals surface area contributed by atoms with Crippen molar-refractivity contribution in [3.63, 3.8) is 0 Å². The van der Waals surface area contributed by atoms with Crippen LogP contribution >= 0.6 is 23.2 Å². The van der Waals surface area contributed by atoms with Crippen LogP contribution in [0.15, 0.2) is 30.4 Å². The fraction of sp³-hybridized carbons (Fsp3) is 0.467. The monoisotopic (exact) mass is 283 g/mol. The number of halogens is 2. The van der Waals surface area contributed by atoms with Crippen LogP contribution in [0, 0.1) is 5.92 Å². The SMILES string of the molecule is CC(NCC1CC=CCC1)c1ccc(Cl)c(Cl)c1. The molecule has 2 unspecified atom stereocenters. The molecule has 2 atom stereocenters. The summed E-state index contributed by atoms with van der Waals surface area (Å²) in [5.41, 5.74) is 1.19. The maximum atomic E-state index is 6.04. The summed E-state index contributed by atoms with van der Waals surface area (Å²) in [4.78, 5) is 0. The van der Waals surface area contributed by atoms with Gasteiger partial charge in [0.1, 0.15) is 0 Å². The van der Waals surface area contributed by atoms with Gasteiger partial charge >= 0.3 is 0 Å². The topological polar surface area (TPSA) is 12.0 Å². The minimum absolute atomic E-state index is 0.311. The Labute approximate surface area is 119 Å². The fourth-order valence-corrected chi connectivity index (χ4v) is 2.59. The lowest BCUT2D eigenvalue weighted by atomic mass is 9.94. The third-order valence-electron chi connectivity index (χ3n) is 3.53. The first-order chi connectivity index (χ1) is 8.66. The van der Waals surface area contributed by atoms with Crippen molar-refractivity contribution in [2.24, 2.45) is 5.92 Å². The van der Waals surface area contributed by atoms with Gasteiger partial charge in [-0.3, -0.25) is 0 Å². The maximum absolute atomic E-state index is 6.04. The highest BCUT2D eigenvalue weighted by atomic mass is 35.5. The van der Waals surface area contributed by atoms with Crippen molar-refractivity contribution in [3.8, 4) is 0 Å². The van der Waals surface area contributed by atoms with Crippen LogP contribution < -0.4 is 5.32 Å². The molecule has 3 heteroatoms. The number of allylic oxidation sites excluding steroid dienone is 2. The highest BCUT2D eigenvalue weighted by molar-refractivity contribution is 6.42. The molecular formula is C15H19Cl2N. The lowest BCUT2D eigenvalue weighted by molar-refractivity contribution is 0.415. The summed E-state index contributed by atoms with van der Waals surface area (Å²) in [5.74, 6) is 0.764. The normalized spacial score (nSPS) is 20.9. The second-order valence-electron chi connectivity index (χ2n) is 4.95. The predicted molar refractivity (Wildman–Crippen MR) is 79.4 cm³/mol. The maximum Gasteiger partial charge on any atom is 0.0595 e. The molecule has 0 spiro atoms. The molecule has 0 amide bonds. The van der Waals surface area contributed by atoms with Gasteiger partial charge < -0.3 is 5.32 Å². The number of hydrogen-bond acceptors (Lipinski definition) is 1. The quantitative estimate of drug-likeness (QED) is 0.767. The molecule has 0 aliphatic heterocycles. The van der Waals surface area contributed by atoms with Gasteiger partial charge in [0.05, 0.1) is 10.0 Å². The van der Waals surface area contributed by atoms with E-state index in [4.69, 9.17) is 23.2 Å². The van der Waals surface area contributed by atoms with E-state index in [0.717, 1.165) is 12.5 Å². The molecule has 0 heterocycles. The highest BCUT2D eigenvalue weighted by Crippen LogP contribution is 2.26. The van der Waals surface area contributed by atoms with Crippen LogP contribution in [0.3, 0.4) is 0 Å². The smallest absolute Gasteiger partial charge is 0.0595 e. The van der Waals surface area contributed by atoms with Crippen molar-refractivity contribution in [1.82, 2.24) is 5.32 Å². The summed E-state index contributed by atoms with van der Waals surface area (Å²) in [7, 11) is 0. The first-order valence-corrected chi connectivity index (χ1v) is 7.25. The van der Waals surface area contributed by atoms with E-state index in [1.165, 1.54) is 24.8 Å². The summed E-state index contributed by atoms with van der Waals surface area (Å²) in [6.45, 7) is 3.23. The van der Waals surface area contributed by atoms with Crippen LogP contribution in [-0.2, 0) is 0 Å². The molecule has 1 N–H and O–H groups in total. The molecule has 0 fully saturated rings. The fourth-order valence-electron chi connectivity index (χ4n) is 2.28. The number of rotatable bonds is 4. The van der Waals surface area contributed by atoms with Gasteiger partial charge in [0.25, 0.3) is 0 Å². The molecular weight excluding hydrogens is 265 g/mol. The zero-order chi connectivity index (χ0) is 13.0. The Bertz CT molecular complexity index is 429. The zero-order valence-electron chi connectivity index (χ0n) is 10.6. The summed E-state index contributed by atoms with van der Waals surface area (Å²) < 4.78 is 0. The Kier molecular flexibility index (Phi) is 5.11. The average Bonchev–Trinajstić information content (AvgIpc) is 2.40. The number of benzene rings is 1. The molecule has 1 aromatic rings. The Morgan fingerprint density at radius 3 is 2.78 bits per heavy atom. The first kappa shape index (κ1) is 13.9. The summed E-state index contributed by atoms with van der Waals surface area (Å²) in [6, 6.07) is 6.15. The van der Waals surface area contributed by atoms with E-state index >= 15 is 0 Å². The van der Waals surface area contributed by atoms with E-state index in [-0.39, 0.29) is 0 Å². The molecule has 0 aromatic heterocycles. The van der Waals surface area contributed by atoms with Crippen LogP contribution in [-0.4, -0.2) is 6.54 Å². The molecule has 0 saturated carbocycles. The summed E-state index contributed by atoms with van der Waals surface area (Å²) in [6.07, 6.45) is 8.27. The Hall–Kier alpha value is -0.500.